The molecule has 17 heavy (non-hydrogen) atoms. The summed E-state index contributed by atoms with van der Waals surface area (Å²) in [7, 11) is 0. The van der Waals surface area contributed by atoms with E-state index >= 15 is 0 Å². The molecule has 0 saturated heterocycles. The molecule has 2 N–H and O–H groups in total. The number of nitrogens with zero attached hydrogens (tertiary/aromatic N) is 1. The minimum Gasteiger partial charge on any atom is -0.461 e. The van der Waals surface area contributed by atoms with Gasteiger partial charge in [-0.2, -0.15) is 0 Å². The molecule has 0 fully saturated rings. The molecule has 0 saturated carbocycles. The van der Waals surface area contributed by atoms with Crippen LogP contribution < -0.4 is 5.73 Å². The van der Waals surface area contributed by atoms with E-state index in [-0.39, 0.29) is 5.69 Å². The molecule has 2 rings (SSSR count). The Morgan fingerprint density at radius 3 is 2.82 bits per heavy atom. The third kappa shape index (κ3) is 2.51. The van der Waals surface area contributed by atoms with Crippen LogP contribution >= 0.6 is 0 Å². The van der Waals surface area contributed by atoms with Gasteiger partial charge in [0.1, 0.15) is 11.5 Å². The van der Waals surface area contributed by atoms with E-state index in [1.807, 2.05) is 6.07 Å². The highest BCUT2D eigenvalue weighted by atomic mass is 16.6. The lowest BCUT2D eigenvalue weighted by molar-refractivity contribution is -0.384. The van der Waals surface area contributed by atoms with Crippen LogP contribution in [0.3, 0.4) is 0 Å². The van der Waals surface area contributed by atoms with Crippen molar-refractivity contribution >= 4 is 5.69 Å². The summed E-state index contributed by atoms with van der Waals surface area (Å²) in [4.78, 5) is 10.2. The predicted octanol–water partition coefficient (Wildman–Crippen LogP) is 2.36. The molecular weight excluding hydrogens is 220 g/mol. The van der Waals surface area contributed by atoms with Gasteiger partial charge in [0.05, 0.1) is 4.92 Å². The maximum atomic E-state index is 10.7. The van der Waals surface area contributed by atoms with Gasteiger partial charge in [0.15, 0.2) is 0 Å². The summed E-state index contributed by atoms with van der Waals surface area (Å²) < 4.78 is 5.54. The normalized spacial score (nSPS) is 10.4. The lowest BCUT2D eigenvalue weighted by atomic mass is 10.1. The largest absolute Gasteiger partial charge is 0.461 e. The van der Waals surface area contributed by atoms with E-state index in [4.69, 9.17) is 10.2 Å². The Labute approximate surface area is 98.0 Å². The molecule has 1 heterocycles. The molecule has 88 valence electrons. The van der Waals surface area contributed by atoms with Crippen molar-refractivity contribution in [3.63, 3.8) is 0 Å². The molecule has 0 bridgehead atoms. The zero-order valence-corrected chi connectivity index (χ0v) is 9.13. The van der Waals surface area contributed by atoms with Crippen LogP contribution in [0, 0.1) is 10.1 Å². The minimum atomic E-state index is -0.423. The average molecular weight is 232 g/mol. The topological polar surface area (TPSA) is 82.3 Å². The number of nitrogens with two attached hydrogens (primary N) is 1. The first-order valence-electron chi connectivity index (χ1n) is 5.24. The van der Waals surface area contributed by atoms with Crippen molar-refractivity contribution in [3.05, 3.63) is 52.3 Å². The van der Waals surface area contributed by atoms with Gasteiger partial charge in [-0.3, -0.25) is 10.1 Å². The van der Waals surface area contributed by atoms with Gasteiger partial charge >= 0.3 is 0 Å². The number of hydrogen-bond acceptors (Lipinski definition) is 4. The van der Waals surface area contributed by atoms with E-state index in [1.165, 1.54) is 12.1 Å². The van der Waals surface area contributed by atoms with Crippen LogP contribution in [0.15, 0.2) is 40.8 Å². The smallest absolute Gasteiger partial charge is 0.270 e. The fourth-order valence-corrected chi connectivity index (χ4v) is 1.58. The van der Waals surface area contributed by atoms with Gasteiger partial charge in [-0.05, 0) is 18.7 Å². The summed E-state index contributed by atoms with van der Waals surface area (Å²) in [6.07, 6.45) is 0.662. The zero-order chi connectivity index (χ0) is 12.3. The Balaban J connectivity index is 2.32. The summed E-state index contributed by atoms with van der Waals surface area (Å²) in [5.41, 5.74) is 6.17. The molecular formula is C12H12N2O3. The number of non-ortho nitro benzene ring substituents is 1. The maximum absolute atomic E-state index is 10.7. The minimum absolute atomic E-state index is 0.0549. The zero-order valence-electron chi connectivity index (χ0n) is 9.13. The number of nitro groups is 1. The third-order valence-corrected chi connectivity index (χ3v) is 2.39. The lowest BCUT2D eigenvalue weighted by Crippen LogP contribution is -2.01. The second kappa shape index (κ2) is 4.80. The summed E-state index contributed by atoms with van der Waals surface area (Å²) in [5.74, 6) is 1.41. The molecule has 0 spiro atoms. The fraction of sp³-hybridized carbons (Fsp3) is 0.167. The van der Waals surface area contributed by atoms with Crippen molar-refractivity contribution in [2.45, 2.75) is 6.42 Å². The van der Waals surface area contributed by atoms with Crippen LogP contribution in [0.2, 0.25) is 0 Å². The van der Waals surface area contributed by atoms with E-state index in [0.717, 1.165) is 5.76 Å². The lowest BCUT2D eigenvalue weighted by Gasteiger charge is -1.97. The Hall–Kier alpha value is -2.14. The van der Waals surface area contributed by atoms with Crippen molar-refractivity contribution < 1.29 is 9.34 Å². The van der Waals surface area contributed by atoms with Crippen LogP contribution in [0.1, 0.15) is 5.76 Å². The number of nitro benzene ring substituents is 1. The van der Waals surface area contributed by atoms with Gasteiger partial charge in [-0.15, -0.1) is 0 Å². The van der Waals surface area contributed by atoms with Gasteiger partial charge in [0, 0.05) is 24.1 Å². The SMILES string of the molecule is NCCc1ccc(-c2cccc([N+](=O)[O-])c2)o1. The molecule has 0 aliphatic carbocycles. The number of hydrogen-bond donors (Lipinski definition) is 1. The monoisotopic (exact) mass is 232 g/mol. The molecule has 0 unspecified atom stereocenters. The summed E-state index contributed by atoms with van der Waals surface area (Å²) >= 11 is 0. The fourth-order valence-electron chi connectivity index (χ4n) is 1.58. The second-order valence-corrected chi connectivity index (χ2v) is 3.61. The number of furan rings is 1. The van der Waals surface area contributed by atoms with Crippen molar-refractivity contribution in [2.75, 3.05) is 6.54 Å². The van der Waals surface area contributed by atoms with Crippen molar-refractivity contribution in [2.24, 2.45) is 5.73 Å². The molecule has 0 aliphatic rings. The van der Waals surface area contributed by atoms with Gasteiger partial charge < -0.3 is 10.2 Å². The standard InChI is InChI=1S/C12H12N2O3/c13-7-6-11-4-5-12(17-11)9-2-1-3-10(8-9)14(15)16/h1-5,8H,6-7,13H2. The van der Waals surface area contributed by atoms with Crippen LogP contribution in [-0.2, 0) is 6.42 Å². The van der Waals surface area contributed by atoms with E-state index in [2.05, 4.69) is 0 Å². The van der Waals surface area contributed by atoms with Crippen molar-refractivity contribution in [3.8, 4) is 11.3 Å². The van der Waals surface area contributed by atoms with E-state index < -0.39 is 4.92 Å². The Morgan fingerprint density at radius 1 is 1.29 bits per heavy atom. The van der Waals surface area contributed by atoms with E-state index in [0.29, 0.717) is 24.3 Å². The molecule has 0 radical (unpaired) electrons. The number of rotatable bonds is 4. The van der Waals surface area contributed by atoms with E-state index in [9.17, 15) is 10.1 Å². The highest BCUT2D eigenvalue weighted by Gasteiger charge is 2.09. The molecule has 5 heteroatoms. The highest BCUT2D eigenvalue weighted by molar-refractivity contribution is 5.61. The number of benzene rings is 1. The average Bonchev–Trinajstić information content (AvgIpc) is 2.78. The highest BCUT2D eigenvalue weighted by Crippen LogP contribution is 2.25. The van der Waals surface area contributed by atoms with Gasteiger partial charge in [0.25, 0.3) is 5.69 Å². The van der Waals surface area contributed by atoms with Gasteiger partial charge in [0.2, 0.25) is 0 Å². The first-order chi connectivity index (χ1) is 8.20. The molecule has 1 aromatic heterocycles. The molecule has 2 aromatic rings. The van der Waals surface area contributed by atoms with E-state index in [1.54, 1.807) is 18.2 Å². The molecule has 0 aliphatic heterocycles. The first-order valence-corrected chi connectivity index (χ1v) is 5.24. The van der Waals surface area contributed by atoms with Crippen molar-refractivity contribution in [1.29, 1.82) is 0 Å². The van der Waals surface area contributed by atoms with Crippen LogP contribution in [0.4, 0.5) is 5.69 Å². The Morgan fingerprint density at radius 2 is 2.12 bits per heavy atom. The quantitative estimate of drug-likeness (QED) is 0.648. The summed E-state index contributed by atoms with van der Waals surface area (Å²) in [6.45, 7) is 0.516. The Bertz CT molecular complexity index is 534. The predicted molar refractivity (Wildman–Crippen MR) is 63.6 cm³/mol. The molecule has 0 amide bonds. The van der Waals surface area contributed by atoms with Gasteiger partial charge in [-0.1, -0.05) is 12.1 Å². The van der Waals surface area contributed by atoms with Crippen molar-refractivity contribution in [1.82, 2.24) is 0 Å². The van der Waals surface area contributed by atoms with Crippen LogP contribution in [0.5, 0.6) is 0 Å². The molecule has 5 nitrogen and oxygen atoms in total. The first kappa shape index (κ1) is 11.3. The second-order valence-electron chi connectivity index (χ2n) is 3.61. The maximum Gasteiger partial charge on any atom is 0.270 e. The Kier molecular flexibility index (Phi) is 3.20. The molecule has 1 aromatic carbocycles. The van der Waals surface area contributed by atoms with Crippen LogP contribution in [-0.4, -0.2) is 11.5 Å². The summed E-state index contributed by atoms with van der Waals surface area (Å²) in [6, 6.07) is 9.99. The van der Waals surface area contributed by atoms with Gasteiger partial charge in [-0.25, -0.2) is 0 Å². The summed E-state index contributed by atoms with van der Waals surface area (Å²) in [5, 5.41) is 10.7. The third-order valence-electron chi connectivity index (χ3n) is 2.39. The van der Waals surface area contributed by atoms with Crippen LogP contribution in [0.25, 0.3) is 11.3 Å². The molecule has 0 atom stereocenters.